The van der Waals surface area contributed by atoms with Gasteiger partial charge in [0.15, 0.2) is 0 Å². The van der Waals surface area contributed by atoms with E-state index in [1.54, 1.807) is 13.8 Å². The maximum absolute atomic E-state index is 13.1. The highest BCUT2D eigenvalue weighted by atomic mass is 19.4. The van der Waals surface area contributed by atoms with Crippen LogP contribution < -0.4 is 5.32 Å². The maximum Gasteiger partial charge on any atom is 0.392 e. The largest absolute Gasteiger partial charge is 0.392 e. The molecule has 2 fully saturated rings. The third-order valence-electron chi connectivity index (χ3n) is 4.94. The molecule has 4 nitrogen and oxygen atoms in total. The molecule has 23 heavy (non-hydrogen) atoms. The number of carbonyl (C=O) groups is 1. The molecule has 0 bridgehead atoms. The van der Waals surface area contributed by atoms with Crippen LogP contribution in [-0.2, 0) is 4.74 Å². The molecule has 0 aromatic heterocycles. The molecular formula is C16H27F3N2O2. The van der Waals surface area contributed by atoms with Gasteiger partial charge in [-0.05, 0) is 38.5 Å². The van der Waals surface area contributed by atoms with Crippen molar-refractivity contribution in [1.29, 1.82) is 0 Å². The van der Waals surface area contributed by atoms with Gasteiger partial charge < -0.3 is 15.0 Å². The SMILES string of the molecule is CC1CC(NC(=O)N2CCC(C(F)(F)F)C(C)(C)C2)CC(C)O1. The third-order valence-corrected chi connectivity index (χ3v) is 4.94. The van der Waals surface area contributed by atoms with E-state index in [0.29, 0.717) is 0 Å². The molecule has 0 aliphatic carbocycles. The van der Waals surface area contributed by atoms with Crippen LogP contribution in [0.25, 0.3) is 0 Å². The lowest BCUT2D eigenvalue weighted by molar-refractivity contribution is -0.214. The van der Waals surface area contributed by atoms with E-state index >= 15 is 0 Å². The second kappa shape index (κ2) is 6.49. The van der Waals surface area contributed by atoms with Crippen molar-refractivity contribution in [1.82, 2.24) is 10.2 Å². The summed E-state index contributed by atoms with van der Waals surface area (Å²) in [6.45, 7) is 7.37. The second-order valence-corrected chi connectivity index (χ2v) is 7.67. The maximum atomic E-state index is 13.1. The van der Waals surface area contributed by atoms with Crippen molar-refractivity contribution in [3.05, 3.63) is 0 Å². The number of alkyl halides is 3. The minimum absolute atomic E-state index is 0.0182. The van der Waals surface area contributed by atoms with Crippen LogP contribution in [0.5, 0.6) is 0 Å². The Balaban J connectivity index is 1.94. The van der Waals surface area contributed by atoms with Crippen LogP contribution in [0, 0.1) is 11.3 Å². The zero-order chi connectivity index (χ0) is 17.4. The summed E-state index contributed by atoms with van der Waals surface area (Å²) in [5.41, 5.74) is -0.968. The van der Waals surface area contributed by atoms with Gasteiger partial charge in [-0.2, -0.15) is 13.2 Å². The average Bonchev–Trinajstić information content (AvgIpc) is 2.34. The van der Waals surface area contributed by atoms with E-state index in [1.807, 2.05) is 13.8 Å². The molecule has 0 aromatic rings. The highest BCUT2D eigenvalue weighted by molar-refractivity contribution is 5.74. The first-order valence-corrected chi connectivity index (χ1v) is 8.26. The first-order chi connectivity index (χ1) is 10.5. The second-order valence-electron chi connectivity index (χ2n) is 7.67. The van der Waals surface area contributed by atoms with Crippen molar-refractivity contribution in [3.8, 4) is 0 Å². The Morgan fingerprint density at radius 2 is 1.78 bits per heavy atom. The van der Waals surface area contributed by atoms with E-state index in [4.69, 9.17) is 4.74 Å². The summed E-state index contributed by atoms with van der Waals surface area (Å²) in [5.74, 6) is -1.36. The number of rotatable bonds is 1. The van der Waals surface area contributed by atoms with E-state index in [9.17, 15) is 18.0 Å². The summed E-state index contributed by atoms with van der Waals surface area (Å²) in [4.78, 5) is 13.9. The van der Waals surface area contributed by atoms with Crippen LogP contribution in [0.1, 0.15) is 47.0 Å². The van der Waals surface area contributed by atoms with Gasteiger partial charge in [0.1, 0.15) is 0 Å². The van der Waals surface area contributed by atoms with Gasteiger partial charge in [-0.3, -0.25) is 0 Å². The zero-order valence-corrected chi connectivity index (χ0v) is 14.2. The predicted molar refractivity (Wildman–Crippen MR) is 81.1 cm³/mol. The van der Waals surface area contributed by atoms with Crippen LogP contribution in [0.4, 0.5) is 18.0 Å². The smallest absolute Gasteiger partial charge is 0.375 e. The van der Waals surface area contributed by atoms with Gasteiger partial charge >= 0.3 is 12.2 Å². The number of amides is 2. The van der Waals surface area contributed by atoms with Crippen LogP contribution in [0.2, 0.25) is 0 Å². The first kappa shape index (κ1) is 18.4. The van der Waals surface area contributed by atoms with Crippen LogP contribution in [-0.4, -0.2) is 48.4 Å². The molecule has 3 atom stereocenters. The highest BCUT2D eigenvalue weighted by Crippen LogP contribution is 2.45. The lowest BCUT2D eigenvalue weighted by Crippen LogP contribution is -2.56. The number of piperidine rings is 1. The molecule has 2 amide bonds. The number of urea groups is 1. The van der Waals surface area contributed by atoms with E-state index in [0.717, 1.165) is 12.8 Å². The van der Waals surface area contributed by atoms with Crippen LogP contribution >= 0.6 is 0 Å². The minimum Gasteiger partial charge on any atom is -0.375 e. The summed E-state index contributed by atoms with van der Waals surface area (Å²) in [5, 5.41) is 2.97. The van der Waals surface area contributed by atoms with Crippen molar-refractivity contribution >= 4 is 6.03 Å². The topological polar surface area (TPSA) is 41.6 Å². The van der Waals surface area contributed by atoms with Crippen molar-refractivity contribution in [2.75, 3.05) is 13.1 Å². The molecule has 2 rings (SSSR count). The van der Waals surface area contributed by atoms with Gasteiger partial charge in [0.2, 0.25) is 0 Å². The molecular weight excluding hydrogens is 309 g/mol. The Kier molecular flexibility index (Phi) is 5.18. The summed E-state index contributed by atoms with van der Waals surface area (Å²) in [6, 6.07) is -0.241. The van der Waals surface area contributed by atoms with Gasteiger partial charge in [-0.15, -0.1) is 0 Å². The fourth-order valence-corrected chi connectivity index (χ4v) is 3.93. The fourth-order valence-electron chi connectivity index (χ4n) is 3.93. The summed E-state index contributed by atoms with van der Waals surface area (Å²) in [6.07, 6.45) is -2.62. The van der Waals surface area contributed by atoms with Crippen molar-refractivity contribution < 1.29 is 22.7 Å². The molecule has 134 valence electrons. The molecule has 0 aromatic carbocycles. The molecule has 2 heterocycles. The van der Waals surface area contributed by atoms with Gasteiger partial charge in [-0.25, -0.2) is 4.79 Å². The standard InChI is InChI=1S/C16H27F3N2O2/c1-10-7-12(8-11(2)23-10)20-14(22)21-6-5-13(16(17,18)19)15(3,4)9-21/h10-13H,5-9H2,1-4H3,(H,20,22). The van der Waals surface area contributed by atoms with Crippen molar-refractivity contribution in [2.24, 2.45) is 11.3 Å². The lowest BCUT2D eigenvalue weighted by Gasteiger charge is -2.45. The molecule has 3 unspecified atom stereocenters. The number of hydrogen-bond donors (Lipinski definition) is 1. The number of nitrogens with one attached hydrogen (secondary N) is 1. The average molecular weight is 336 g/mol. The van der Waals surface area contributed by atoms with Crippen LogP contribution in [0.3, 0.4) is 0 Å². The highest BCUT2D eigenvalue weighted by Gasteiger charge is 2.51. The quantitative estimate of drug-likeness (QED) is 0.795. The van der Waals surface area contributed by atoms with E-state index in [2.05, 4.69) is 5.32 Å². The molecule has 1 N–H and O–H groups in total. The van der Waals surface area contributed by atoms with Gasteiger partial charge in [0.05, 0.1) is 18.1 Å². The first-order valence-electron chi connectivity index (χ1n) is 8.26. The predicted octanol–water partition coefficient (Wildman–Crippen LogP) is 3.56. The third kappa shape index (κ3) is 4.52. The normalized spacial score (nSPS) is 35.0. The molecule has 0 saturated carbocycles. The molecule has 2 saturated heterocycles. The Bertz CT molecular complexity index is 430. The fraction of sp³-hybridized carbons (Fsp3) is 0.938. The van der Waals surface area contributed by atoms with Crippen LogP contribution in [0.15, 0.2) is 0 Å². The Hall–Kier alpha value is -0.980. The number of ether oxygens (including phenoxy) is 1. The van der Waals surface area contributed by atoms with Crippen molar-refractivity contribution in [2.45, 2.75) is 71.4 Å². The number of halogens is 3. The van der Waals surface area contributed by atoms with Gasteiger partial charge in [0.25, 0.3) is 0 Å². The number of hydrogen-bond acceptors (Lipinski definition) is 2. The van der Waals surface area contributed by atoms with Gasteiger partial charge in [-0.1, -0.05) is 13.8 Å². The molecule has 2 aliphatic rings. The van der Waals surface area contributed by atoms with E-state index < -0.39 is 17.5 Å². The molecule has 2 aliphatic heterocycles. The van der Waals surface area contributed by atoms with E-state index in [1.165, 1.54) is 4.90 Å². The Morgan fingerprint density at radius 3 is 2.26 bits per heavy atom. The number of nitrogens with zero attached hydrogens (tertiary/aromatic N) is 1. The summed E-state index contributed by atoms with van der Waals surface area (Å²) >= 11 is 0. The molecule has 7 heteroatoms. The lowest BCUT2D eigenvalue weighted by atomic mass is 9.73. The number of likely N-dealkylation sites (tertiary alicyclic amines) is 1. The Labute approximate surface area is 135 Å². The van der Waals surface area contributed by atoms with Gasteiger partial charge in [0, 0.05) is 19.1 Å². The molecule has 0 radical (unpaired) electrons. The zero-order valence-electron chi connectivity index (χ0n) is 14.2. The number of carbonyl (C=O) groups excluding carboxylic acids is 1. The van der Waals surface area contributed by atoms with E-state index in [-0.39, 0.29) is 43.8 Å². The summed E-state index contributed by atoms with van der Waals surface area (Å²) < 4.78 is 44.9. The monoisotopic (exact) mass is 336 g/mol. The summed E-state index contributed by atoms with van der Waals surface area (Å²) in [7, 11) is 0. The minimum atomic E-state index is -4.21. The van der Waals surface area contributed by atoms with Crippen molar-refractivity contribution in [3.63, 3.8) is 0 Å². The Morgan fingerprint density at radius 1 is 1.22 bits per heavy atom. The molecule has 0 spiro atoms.